The zero-order valence-electron chi connectivity index (χ0n) is 15.8. The van der Waals surface area contributed by atoms with Crippen molar-refractivity contribution in [3.05, 3.63) is 87.1 Å². The molecule has 2 aromatic carbocycles. The van der Waals surface area contributed by atoms with Gasteiger partial charge in [-0.05, 0) is 63.5 Å². The first-order chi connectivity index (χ1) is 15.2. The van der Waals surface area contributed by atoms with E-state index in [1.165, 1.54) is 0 Å². The molecule has 2 aromatic heterocycles. The molecule has 0 saturated heterocycles. The minimum Gasteiger partial charge on any atom is -0.423 e. The summed E-state index contributed by atoms with van der Waals surface area (Å²) in [6, 6.07) is 18.1. The molecule has 2 heterocycles. The molecule has 4 rings (SSSR count). The maximum absolute atomic E-state index is 8.58. The van der Waals surface area contributed by atoms with Gasteiger partial charge in [0.15, 0.2) is 5.82 Å². The summed E-state index contributed by atoms with van der Waals surface area (Å²) in [7, 11) is -1.34. The van der Waals surface area contributed by atoms with Crippen LogP contribution in [-0.4, -0.2) is 47.1 Å². The monoisotopic (exact) mass is 530 g/mol. The van der Waals surface area contributed by atoms with E-state index in [1.807, 2.05) is 36.4 Å². The quantitative estimate of drug-likeness (QED) is 0.372. The second-order valence-corrected chi connectivity index (χ2v) is 7.18. The summed E-state index contributed by atoms with van der Waals surface area (Å²) >= 11 is 27.3. The highest BCUT2D eigenvalue weighted by molar-refractivity contribution is 6.58. The number of rotatable bonds is 2. The van der Waals surface area contributed by atoms with Crippen LogP contribution in [0.5, 0.6) is 0 Å². The van der Waals surface area contributed by atoms with Crippen molar-refractivity contribution in [3.63, 3.8) is 0 Å². The van der Waals surface area contributed by atoms with Crippen LogP contribution in [-0.2, 0) is 0 Å². The van der Waals surface area contributed by atoms with E-state index < -0.39 is 7.12 Å². The molecule has 0 fully saturated rings. The molecule has 0 spiro atoms. The summed E-state index contributed by atoms with van der Waals surface area (Å²) < 4.78 is 0. The molecular weight excluding hydrogens is 520 g/mol. The Kier molecular flexibility index (Phi) is 11.0. The molecule has 14 heteroatoms. The molecule has 0 saturated carbocycles. The zero-order chi connectivity index (χ0) is 23.5. The number of hydrogen-bond donors (Lipinski definition) is 2. The minimum atomic E-state index is -1.34. The van der Waals surface area contributed by atoms with E-state index in [0.717, 1.165) is 5.56 Å². The van der Waals surface area contributed by atoms with Gasteiger partial charge in [-0.2, -0.15) is 29.9 Å². The van der Waals surface area contributed by atoms with Gasteiger partial charge in [0.2, 0.25) is 26.4 Å². The lowest BCUT2D eigenvalue weighted by molar-refractivity contribution is 0.426. The number of benzene rings is 2. The summed E-state index contributed by atoms with van der Waals surface area (Å²) in [6.07, 6.45) is 0. The first-order valence-corrected chi connectivity index (χ1v) is 10.4. The maximum Gasteiger partial charge on any atom is 0.488 e. The SMILES string of the molecule is Clc1nc(Cl)nc(-c2ccccc2)n1.Clc1nc(Cl)nc(Cl)n1.OB(O)c1ccccc1. The Bertz CT molecular complexity index is 1060. The van der Waals surface area contributed by atoms with Gasteiger partial charge < -0.3 is 10.0 Å². The van der Waals surface area contributed by atoms with Crippen molar-refractivity contribution in [2.75, 3.05) is 0 Å². The van der Waals surface area contributed by atoms with Crippen LogP contribution in [0.2, 0.25) is 26.4 Å². The number of nitrogens with zero attached hydrogens (tertiary/aromatic N) is 6. The average Bonchev–Trinajstić information content (AvgIpc) is 2.74. The van der Waals surface area contributed by atoms with Crippen LogP contribution >= 0.6 is 58.0 Å². The highest BCUT2D eigenvalue weighted by Crippen LogP contribution is 2.17. The molecule has 164 valence electrons. The number of halogens is 5. The van der Waals surface area contributed by atoms with Crippen molar-refractivity contribution in [2.24, 2.45) is 0 Å². The van der Waals surface area contributed by atoms with Gasteiger partial charge in [0.05, 0.1) is 0 Å². The lowest BCUT2D eigenvalue weighted by Crippen LogP contribution is -2.29. The summed E-state index contributed by atoms with van der Waals surface area (Å²) in [4.78, 5) is 22.0. The van der Waals surface area contributed by atoms with Crippen molar-refractivity contribution in [3.8, 4) is 11.4 Å². The number of aromatic nitrogens is 6. The maximum atomic E-state index is 8.58. The third-order valence-corrected chi connectivity index (χ3v) is 4.11. The summed E-state index contributed by atoms with van der Waals surface area (Å²) in [5.41, 5.74) is 1.39. The topological polar surface area (TPSA) is 118 Å². The summed E-state index contributed by atoms with van der Waals surface area (Å²) in [5.74, 6) is 0.482. The fraction of sp³-hybridized carbons (Fsp3) is 0. The smallest absolute Gasteiger partial charge is 0.423 e. The highest BCUT2D eigenvalue weighted by Gasteiger charge is 2.07. The van der Waals surface area contributed by atoms with Crippen LogP contribution in [0.25, 0.3) is 11.4 Å². The summed E-state index contributed by atoms with van der Waals surface area (Å²) in [5, 5.41) is 17.4. The fourth-order valence-electron chi connectivity index (χ4n) is 1.97. The molecule has 32 heavy (non-hydrogen) atoms. The Morgan fingerprint density at radius 1 is 0.500 bits per heavy atom. The fourth-order valence-corrected chi connectivity index (χ4v) is 2.94. The van der Waals surface area contributed by atoms with Gasteiger partial charge in [-0.1, -0.05) is 60.7 Å². The van der Waals surface area contributed by atoms with E-state index in [-0.39, 0.29) is 26.4 Å². The Morgan fingerprint density at radius 3 is 1.19 bits per heavy atom. The molecule has 0 amide bonds. The van der Waals surface area contributed by atoms with Gasteiger partial charge in [-0.3, -0.25) is 0 Å². The van der Waals surface area contributed by atoms with E-state index in [4.69, 9.17) is 68.1 Å². The molecule has 0 radical (unpaired) electrons. The Labute approximate surface area is 208 Å². The average molecular weight is 532 g/mol. The lowest BCUT2D eigenvalue weighted by Gasteiger charge is -1.99. The molecule has 0 unspecified atom stereocenters. The second-order valence-electron chi connectivity index (χ2n) is 5.49. The molecule has 0 bridgehead atoms. The second kappa shape index (κ2) is 13.4. The molecule has 0 aliphatic rings. The molecule has 8 nitrogen and oxygen atoms in total. The third kappa shape index (κ3) is 9.58. The number of hydrogen-bond acceptors (Lipinski definition) is 8. The molecule has 2 N–H and O–H groups in total. The van der Waals surface area contributed by atoms with Crippen LogP contribution in [0.1, 0.15) is 0 Å². The van der Waals surface area contributed by atoms with Crippen molar-refractivity contribution in [1.29, 1.82) is 0 Å². The van der Waals surface area contributed by atoms with Crippen molar-refractivity contribution < 1.29 is 10.0 Å². The van der Waals surface area contributed by atoms with E-state index in [9.17, 15) is 0 Å². The minimum absolute atomic E-state index is 0.000000000000000444. The predicted molar refractivity (Wildman–Crippen MR) is 126 cm³/mol. The molecular formula is C18H12BCl5N6O2. The molecule has 0 aliphatic heterocycles. The van der Waals surface area contributed by atoms with Crippen LogP contribution in [0.4, 0.5) is 0 Å². The van der Waals surface area contributed by atoms with Crippen LogP contribution in [0.15, 0.2) is 60.7 Å². The van der Waals surface area contributed by atoms with Crippen LogP contribution in [0.3, 0.4) is 0 Å². The van der Waals surface area contributed by atoms with E-state index in [0.29, 0.717) is 11.3 Å². The van der Waals surface area contributed by atoms with Gasteiger partial charge in [0.1, 0.15) is 0 Å². The van der Waals surface area contributed by atoms with Gasteiger partial charge in [0, 0.05) is 5.56 Å². The molecule has 0 aliphatic carbocycles. The predicted octanol–water partition coefficient (Wildman–Crippen LogP) is 4.04. The summed E-state index contributed by atoms with van der Waals surface area (Å²) in [6.45, 7) is 0. The molecule has 0 atom stereocenters. The van der Waals surface area contributed by atoms with Crippen molar-refractivity contribution in [2.45, 2.75) is 0 Å². The normalized spacial score (nSPS) is 9.72. The van der Waals surface area contributed by atoms with Gasteiger partial charge >= 0.3 is 7.12 Å². The van der Waals surface area contributed by atoms with Gasteiger partial charge in [-0.15, -0.1) is 0 Å². The van der Waals surface area contributed by atoms with Crippen LogP contribution in [0, 0.1) is 0 Å². The Balaban J connectivity index is 0.000000178. The van der Waals surface area contributed by atoms with E-state index >= 15 is 0 Å². The highest BCUT2D eigenvalue weighted by atomic mass is 35.5. The van der Waals surface area contributed by atoms with Crippen molar-refractivity contribution >= 4 is 70.6 Å². The lowest BCUT2D eigenvalue weighted by atomic mass is 9.81. The van der Waals surface area contributed by atoms with Crippen LogP contribution < -0.4 is 5.46 Å². The van der Waals surface area contributed by atoms with Crippen molar-refractivity contribution in [1.82, 2.24) is 29.9 Å². The first-order valence-electron chi connectivity index (χ1n) is 8.50. The zero-order valence-corrected chi connectivity index (χ0v) is 19.6. The van der Waals surface area contributed by atoms with E-state index in [2.05, 4.69) is 29.9 Å². The third-order valence-electron chi connectivity index (χ3n) is 3.26. The van der Waals surface area contributed by atoms with Gasteiger partial charge in [0.25, 0.3) is 0 Å². The standard InChI is InChI=1S/C9H5Cl2N3.C6H7BO2.C3Cl3N3/c10-8-12-7(13-9(11)14-8)6-4-2-1-3-5-6;8-7(9)6-4-2-1-3-5-6;4-1-7-2(5)9-3(6)8-1/h1-5H;1-5,8-9H;. The first kappa shape index (κ1) is 26.1. The van der Waals surface area contributed by atoms with Gasteiger partial charge in [-0.25, -0.2) is 0 Å². The Hall–Kier alpha value is -2.11. The Morgan fingerprint density at radius 2 is 0.844 bits per heavy atom. The molecule has 4 aromatic rings. The van der Waals surface area contributed by atoms with E-state index in [1.54, 1.807) is 24.3 Å². The largest absolute Gasteiger partial charge is 0.488 e.